The Kier molecular flexibility index (Phi) is 4.01. The van der Waals surface area contributed by atoms with Crippen molar-refractivity contribution in [2.75, 3.05) is 20.3 Å². The van der Waals surface area contributed by atoms with Crippen molar-refractivity contribution in [1.82, 2.24) is 4.90 Å². The van der Waals surface area contributed by atoms with Crippen LogP contribution in [0.5, 0.6) is 0 Å². The zero-order valence-electron chi connectivity index (χ0n) is 10.3. The molecule has 102 valence electrons. The summed E-state index contributed by atoms with van der Waals surface area (Å²) in [5, 5.41) is 10.7. The summed E-state index contributed by atoms with van der Waals surface area (Å²) in [6.07, 6.45) is 0.785. The van der Waals surface area contributed by atoms with E-state index in [-0.39, 0.29) is 28.2 Å². The third-order valence-corrected chi connectivity index (χ3v) is 3.48. The fraction of sp³-hybridized carbons (Fsp3) is 0.417. The molecule has 2 rings (SSSR count). The van der Waals surface area contributed by atoms with Gasteiger partial charge >= 0.3 is 0 Å². The molecule has 0 radical (unpaired) electrons. The fourth-order valence-electron chi connectivity index (χ4n) is 1.97. The zero-order chi connectivity index (χ0) is 14.0. The molecule has 19 heavy (non-hydrogen) atoms. The van der Waals surface area contributed by atoms with Gasteiger partial charge in [-0.05, 0) is 12.5 Å². The van der Waals surface area contributed by atoms with Crippen LogP contribution in [0.15, 0.2) is 18.2 Å². The van der Waals surface area contributed by atoms with Crippen LogP contribution in [-0.4, -0.2) is 42.0 Å². The number of nitro groups is 1. The van der Waals surface area contributed by atoms with E-state index in [1.54, 1.807) is 11.9 Å². The molecule has 1 aliphatic heterocycles. The van der Waals surface area contributed by atoms with Gasteiger partial charge in [0.2, 0.25) is 0 Å². The zero-order valence-corrected chi connectivity index (χ0v) is 11.1. The number of benzene rings is 1. The molecule has 6 nitrogen and oxygen atoms in total. The summed E-state index contributed by atoms with van der Waals surface area (Å²) in [5.41, 5.74) is 0.134. The van der Waals surface area contributed by atoms with Crippen LogP contribution in [0.25, 0.3) is 0 Å². The normalized spacial score (nSPS) is 18.3. The fourth-order valence-corrected chi connectivity index (χ4v) is 2.23. The average Bonchev–Trinajstić information content (AvgIpc) is 2.90. The number of nitro benzene ring substituents is 1. The van der Waals surface area contributed by atoms with E-state index in [9.17, 15) is 14.9 Å². The van der Waals surface area contributed by atoms with E-state index in [4.69, 9.17) is 16.3 Å². The van der Waals surface area contributed by atoms with Gasteiger partial charge in [0.05, 0.1) is 28.2 Å². The molecule has 1 heterocycles. The lowest BCUT2D eigenvalue weighted by atomic mass is 10.1. The van der Waals surface area contributed by atoms with Gasteiger partial charge in [-0.15, -0.1) is 0 Å². The molecule has 0 saturated carbocycles. The molecule has 7 heteroatoms. The van der Waals surface area contributed by atoms with Crippen molar-refractivity contribution in [3.8, 4) is 0 Å². The molecule has 1 amide bonds. The van der Waals surface area contributed by atoms with Crippen molar-refractivity contribution < 1.29 is 14.5 Å². The molecule has 0 spiro atoms. The minimum Gasteiger partial charge on any atom is -0.379 e. The second kappa shape index (κ2) is 5.54. The number of likely N-dealkylation sites (N-methyl/N-ethyl adjacent to an activating group) is 1. The molecule has 1 aliphatic rings. The van der Waals surface area contributed by atoms with Crippen LogP contribution in [-0.2, 0) is 4.74 Å². The molecule has 1 aromatic carbocycles. The molecule has 0 bridgehead atoms. The monoisotopic (exact) mass is 284 g/mol. The van der Waals surface area contributed by atoms with E-state index < -0.39 is 4.92 Å². The van der Waals surface area contributed by atoms with Gasteiger partial charge in [0.15, 0.2) is 0 Å². The van der Waals surface area contributed by atoms with E-state index in [1.165, 1.54) is 18.2 Å². The van der Waals surface area contributed by atoms with E-state index in [0.29, 0.717) is 13.2 Å². The third-order valence-electron chi connectivity index (χ3n) is 3.17. The molecule has 0 aliphatic carbocycles. The highest BCUT2D eigenvalue weighted by atomic mass is 35.5. The largest absolute Gasteiger partial charge is 0.379 e. The number of carbonyl (C=O) groups excluding carboxylic acids is 1. The van der Waals surface area contributed by atoms with Gasteiger partial charge in [0.1, 0.15) is 0 Å². The highest BCUT2D eigenvalue weighted by molar-refractivity contribution is 6.34. The Morgan fingerprint density at radius 1 is 1.58 bits per heavy atom. The van der Waals surface area contributed by atoms with Gasteiger partial charge in [0, 0.05) is 25.8 Å². The Morgan fingerprint density at radius 3 is 2.84 bits per heavy atom. The Labute approximate surface area is 115 Å². The predicted octanol–water partition coefficient (Wildman–Crippen LogP) is 2.11. The first-order valence-corrected chi connectivity index (χ1v) is 6.17. The second-order valence-corrected chi connectivity index (χ2v) is 4.76. The van der Waals surface area contributed by atoms with Crippen LogP contribution in [0.4, 0.5) is 5.69 Å². The number of hydrogen-bond acceptors (Lipinski definition) is 4. The van der Waals surface area contributed by atoms with E-state index in [2.05, 4.69) is 0 Å². The number of nitrogens with zero attached hydrogens (tertiary/aromatic N) is 2. The summed E-state index contributed by atoms with van der Waals surface area (Å²) in [7, 11) is 1.68. The topological polar surface area (TPSA) is 72.7 Å². The third kappa shape index (κ3) is 2.85. The Morgan fingerprint density at radius 2 is 2.32 bits per heavy atom. The van der Waals surface area contributed by atoms with Crippen molar-refractivity contribution in [1.29, 1.82) is 0 Å². The lowest BCUT2D eigenvalue weighted by Gasteiger charge is -2.23. The molecule has 0 N–H and O–H groups in total. The first-order chi connectivity index (χ1) is 9.00. The summed E-state index contributed by atoms with van der Waals surface area (Å²) in [6, 6.07) is 3.87. The van der Waals surface area contributed by atoms with E-state index in [1.807, 2.05) is 0 Å². The highest BCUT2D eigenvalue weighted by Gasteiger charge is 2.26. The van der Waals surface area contributed by atoms with Crippen molar-refractivity contribution in [2.24, 2.45) is 0 Å². The molecule has 1 atom stereocenters. The predicted molar refractivity (Wildman–Crippen MR) is 69.4 cm³/mol. The number of hydrogen-bond donors (Lipinski definition) is 0. The number of halogens is 1. The van der Waals surface area contributed by atoms with Gasteiger partial charge < -0.3 is 9.64 Å². The first kappa shape index (κ1) is 13.8. The molecule has 1 fully saturated rings. The number of amides is 1. The number of rotatable bonds is 3. The van der Waals surface area contributed by atoms with Crippen molar-refractivity contribution in [3.05, 3.63) is 38.9 Å². The Hall–Kier alpha value is -1.66. The number of carbonyl (C=O) groups is 1. The summed E-state index contributed by atoms with van der Waals surface area (Å²) < 4.78 is 5.23. The maximum atomic E-state index is 12.2. The first-order valence-electron chi connectivity index (χ1n) is 5.79. The van der Waals surface area contributed by atoms with Crippen LogP contribution < -0.4 is 0 Å². The maximum absolute atomic E-state index is 12.2. The van der Waals surface area contributed by atoms with Gasteiger partial charge in [-0.25, -0.2) is 0 Å². The lowest BCUT2D eigenvalue weighted by molar-refractivity contribution is -0.384. The quantitative estimate of drug-likeness (QED) is 0.629. The minimum atomic E-state index is -0.547. The SMILES string of the molecule is CN(C(=O)c1ccc([N+](=O)[O-])cc1Cl)C1CCOC1. The standard InChI is InChI=1S/C12H13ClN2O4/c1-14(9-4-5-19-7-9)12(16)10-3-2-8(15(17)18)6-11(10)13/h2-3,6,9H,4-5,7H2,1H3. The van der Waals surface area contributed by atoms with Crippen LogP contribution in [0.3, 0.4) is 0 Å². The molecule has 0 aromatic heterocycles. The van der Waals surface area contributed by atoms with Crippen molar-refractivity contribution in [2.45, 2.75) is 12.5 Å². The van der Waals surface area contributed by atoms with Crippen LogP contribution >= 0.6 is 11.6 Å². The van der Waals surface area contributed by atoms with E-state index in [0.717, 1.165) is 6.42 Å². The number of non-ortho nitro benzene ring substituents is 1. The van der Waals surface area contributed by atoms with Gasteiger partial charge in [0.25, 0.3) is 11.6 Å². The van der Waals surface area contributed by atoms with Gasteiger partial charge in [-0.3, -0.25) is 14.9 Å². The van der Waals surface area contributed by atoms with Crippen LogP contribution in [0.2, 0.25) is 5.02 Å². The van der Waals surface area contributed by atoms with Gasteiger partial charge in [-0.2, -0.15) is 0 Å². The highest BCUT2D eigenvalue weighted by Crippen LogP contribution is 2.24. The lowest BCUT2D eigenvalue weighted by Crippen LogP contribution is -2.37. The van der Waals surface area contributed by atoms with Crippen molar-refractivity contribution in [3.63, 3.8) is 0 Å². The summed E-state index contributed by atoms with van der Waals surface area (Å²) in [4.78, 5) is 23.9. The second-order valence-electron chi connectivity index (χ2n) is 4.35. The minimum absolute atomic E-state index is 0.0266. The molecule has 1 unspecified atom stereocenters. The van der Waals surface area contributed by atoms with Crippen molar-refractivity contribution >= 4 is 23.2 Å². The van der Waals surface area contributed by atoms with Crippen LogP contribution in [0.1, 0.15) is 16.8 Å². The summed E-state index contributed by atoms with van der Waals surface area (Å²) in [6.45, 7) is 1.14. The van der Waals surface area contributed by atoms with Crippen LogP contribution in [0, 0.1) is 10.1 Å². The Bertz CT molecular complexity index is 514. The molecular formula is C12H13ClN2O4. The number of ether oxygens (including phenoxy) is 1. The summed E-state index contributed by atoms with van der Waals surface area (Å²) in [5.74, 6) is -0.254. The molecular weight excluding hydrogens is 272 g/mol. The summed E-state index contributed by atoms with van der Waals surface area (Å²) >= 11 is 5.94. The molecule has 1 aromatic rings. The average molecular weight is 285 g/mol. The maximum Gasteiger partial charge on any atom is 0.270 e. The van der Waals surface area contributed by atoms with Gasteiger partial charge in [-0.1, -0.05) is 11.6 Å². The van der Waals surface area contributed by atoms with E-state index >= 15 is 0 Å². The Balaban J connectivity index is 2.21. The smallest absolute Gasteiger partial charge is 0.270 e. The molecule has 1 saturated heterocycles.